The van der Waals surface area contributed by atoms with Crippen molar-refractivity contribution in [3.8, 4) is 0 Å². The van der Waals surface area contributed by atoms with E-state index in [2.05, 4.69) is 22.2 Å². The Balaban J connectivity index is 2.32. The van der Waals surface area contributed by atoms with Crippen LogP contribution in [0.5, 0.6) is 0 Å². The Bertz CT molecular complexity index is 240. The smallest absolute Gasteiger partial charge is 0.222 e. The molecule has 1 aromatic rings. The summed E-state index contributed by atoms with van der Waals surface area (Å²) < 4.78 is 0. The molecule has 0 spiro atoms. The second kappa shape index (κ2) is 6.60. The van der Waals surface area contributed by atoms with Gasteiger partial charge in [0.15, 0.2) is 0 Å². The molecule has 0 fully saturated rings. The molecular weight excluding hydrogens is 198 g/mol. The predicted molar refractivity (Wildman–Crippen MR) is 59.6 cm³/mol. The second-order valence-corrected chi connectivity index (χ2v) is 3.58. The van der Waals surface area contributed by atoms with Crippen LogP contribution in [0.1, 0.15) is 19.8 Å². The molecule has 1 aromatic heterocycles. The maximum absolute atomic E-state index is 5.70. The lowest BCUT2D eigenvalue weighted by molar-refractivity contribution is 0.520. The van der Waals surface area contributed by atoms with Gasteiger partial charge in [0, 0.05) is 24.8 Å². The van der Waals surface area contributed by atoms with Gasteiger partial charge in [-0.15, -0.1) is 11.6 Å². The molecule has 1 heterocycles. The third kappa shape index (κ3) is 3.92. The van der Waals surface area contributed by atoms with Crippen molar-refractivity contribution < 1.29 is 0 Å². The van der Waals surface area contributed by atoms with Crippen LogP contribution in [0, 0.1) is 5.92 Å². The summed E-state index contributed by atoms with van der Waals surface area (Å²) in [5.41, 5.74) is 0. The number of nitrogens with one attached hydrogen (secondary N) is 1. The van der Waals surface area contributed by atoms with Gasteiger partial charge in [0.05, 0.1) is 0 Å². The highest BCUT2D eigenvalue weighted by Crippen LogP contribution is 2.09. The number of hydrogen-bond donors (Lipinski definition) is 1. The van der Waals surface area contributed by atoms with Gasteiger partial charge in [-0.25, -0.2) is 9.97 Å². The fourth-order valence-corrected chi connectivity index (χ4v) is 1.54. The fraction of sp³-hybridized carbons (Fsp3) is 0.600. The first-order valence-corrected chi connectivity index (χ1v) is 5.47. The van der Waals surface area contributed by atoms with E-state index in [0.717, 1.165) is 25.3 Å². The van der Waals surface area contributed by atoms with E-state index < -0.39 is 0 Å². The van der Waals surface area contributed by atoms with Crippen LogP contribution in [0.2, 0.25) is 0 Å². The van der Waals surface area contributed by atoms with E-state index in [4.69, 9.17) is 11.6 Å². The standard InChI is InChI=1S/C10H16ClN3/c1-2-9(4-5-11)8-14-10-12-6-3-7-13-10/h3,6-7,9H,2,4-5,8H2,1H3,(H,12,13,14). The van der Waals surface area contributed by atoms with Gasteiger partial charge in [0.2, 0.25) is 5.95 Å². The summed E-state index contributed by atoms with van der Waals surface area (Å²) in [7, 11) is 0. The van der Waals surface area contributed by atoms with Crippen molar-refractivity contribution in [2.75, 3.05) is 17.7 Å². The summed E-state index contributed by atoms with van der Waals surface area (Å²) >= 11 is 5.70. The maximum atomic E-state index is 5.70. The Morgan fingerprint density at radius 1 is 1.43 bits per heavy atom. The number of anilines is 1. The number of hydrogen-bond acceptors (Lipinski definition) is 3. The van der Waals surface area contributed by atoms with E-state index in [9.17, 15) is 0 Å². The molecule has 1 atom stereocenters. The van der Waals surface area contributed by atoms with Crippen molar-refractivity contribution in [3.63, 3.8) is 0 Å². The van der Waals surface area contributed by atoms with Crippen LogP contribution in [0.3, 0.4) is 0 Å². The molecule has 0 saturated carbocycles. The Morgan fingerprint density at radius 3 is 2.71 bits per heavy atom. The molecule has 0 amide bonds. The average molecular weight is 214 g/mol. The zero-order valence-corrected chi connectivity index (χ0v) is 9.17. The Hall–Kier alpha value is -0.830. The van der Waals surface area contributed by atoms with E-state index in [-0.39, 0.29) is 0 Å². The molecular formula is C10H16ClN3. The molecule has 0 aliphatic carbocycles. The number of halogens is 1. The van der Waals surface area contributed by atoms with Gasteiger partial charge in [0.25, 0.3) is 0 Å². The first-order chi connectivity index (χ1) is 6.86. The molecule has 1 N–H and O–H groups in total. The molecule has 14 heavy (non-hydrogen) atoms. The molecule has 1 rings (SSSR count). The molecule has 0 saturated heterocycles. The zero-order valence-electron chi connectivity index (χ0n) is 8.41. The molecule has 4 heteroatoms. The predicted octanol–water partition coefficient (Wildman–Crippen LogP) is 2.54. The van der Waals surface area contributed by atoms with Crippen LogP contribution in [-0.4, -0.2) is 22.4 Å². The summed E-state index contributed by atoms with van der Waals surface area (Å²) in [6, 6.07) is 1.81. The van der Waals surface area contributed by atoms with Crippen LogP contribution < -0.4 is 5.32 Å². The SMILES string of the molecule is CCC(CCCl)CNc1ncccn1. The average Bonchev–Trinajstić information content (AvgIpc) is 2.25. The maximum Gasteiger partial charge on any atom is 0.222 e. The van der Waals surface area contributed by atoms with Crippen molar-refractivity contribution in [2.45, 2.75) is 19.8 Å². The fourth-order valence-electron chi connectivity index (χ4n) is 1.23. The van der Waals surface area contributed by atoms with Gasteiger partial charge in [-0.1, -0.05) is 13.3 Å². The lowest BCUT2D eigenvalue weighted by atomic mass is 10.0. The minimum absolute atomic E-state index is 0.608. The molecule has 0 aliphatic heterocycles. The first kappa shape index (κ1) is 11.2. The lowest BCUT2D eigenvalue weighted by Gasteiger charge is -2.13. The molecule has 0 aromatic carbocycles. The normalized spacial score (nSPS) is 12.4. The third-order valence-electron chi connectivity index (χ3n) is 2.21. The van der Waals surface area contributed by atoms with E-state index in [0.29, 0.717) is 11.9 Å². The summed E-state index contributed by atoms with van der Waals surface area (Å²) in [4.78, 5) is 8.18. The highest BCUT2D eigenvalue weighted by atomic mass is 35.5. The zero-order chi connectivity index (χ0) is 10.2. The van der Waals surface area contributed by atoms with Gasteiger partial charge in [0.1, 0.15) is 0 Å². The van der Waals surface area contributed by atoms with Crippen molar-refractivity contribution in [3.05, 3.63) is 18.5 Å². The van der Waals surface area contributed by atoms with Gasteiger partial charge < -0.3 is 5.32 Å². The summed E-state index contributed by atoms with van der Waals surface area (Å²) in [5, 5.41) is 3.20. The molecule has 0 aliphatic rings. The monoisotopic (exact) mass is 213 g/mol. The van der Waals surface area contributed by atoms with Crippen LogP contribution in [0.25, 0.3) is 0 Å². The quantitative estimate of drug-likeness (QED) is 0.739. The second-order valence-electron chi connectivity index (χ2n) is 3.21. The summed E-state index contributed by atoms with van der Waals surface area (Å²) in [6.07, 6.45) is 5.64. The van der Waals surface area contributed by atoms with Crippen molar-refractivity contribution in [1.82, 2.24) is 9.97 Å². The van der Waals surface area contributed by atoms with Gasteiger partial charge >= 0.3 is 0 Å². The molecule has 1 unspecified atom stereocenters. The number of aromatic nitrogens is 2. The molecule has 3 nitrogen and oxygen atoms in total. The van der Waals surface area contributed by atoms with Crippen molar-refractivity contribution >= 4 is 17.5 Å². The number of nitrogens with zero attached hydrogens (tertiary/aromatic N) is 2. The molecule has 0 radical (unpaired) electrons. The van der Waals surface area contributed by atoms with Crippen LogP contribution in [0.4, 0.5) is 5.95 Å². The Labute approximate surface area is 89.9 Å². The van der Waals surface area contributed by atoms with Crippen LogP contribution >= 0.6 is 11.6 Å². The summed E-state index contributed by atoms with van der Waals surface area (Å²) in [6.45, 7) is 3.07. The van der Waals surface area contributed by atoms with Gasteiger partial charge in [-0.3, -0.25) is 0 Å². The van der Waals surface area contributed by atoms with Gasteiger partial charge in [-0.2, -0.15) is 0 Å². The number of alkyl halides is 1. The van der Waals surface area contributed by atoms with E-state index in [1.165, 1.54) is 0 Å². The Morgan fingerprint density at radius 2 is 2.14 bits per heavy atom. The van der Waals surface area contributed by atoms with E-state index in [1.54, 1.807) is 18.5 Å². The number of rotatable bonds is 6. The van der Waals surface area contributed by atoms with Crippen LogP contribution in [-0.2, 0) is 0 Å². The lowest BCUT2D eigenvalue weighted by Crippen LogP contribution is -2.15. The van der Waals surface area contributed by atoms with E-state index in [1.807, 2.05) is 0 Å². The molecule has 78 valence electrons. The Kier molecular flexibility index (Phi) is 5.30. The van der Waals surface area contributed by atoms with Crippen molar-refractivity contribution in [1.29, 1.82) is 0 Å². The van der Waals surface area contributed by atoms with E-state index >= 15 is 0 Å². The minimum atomic E-state index is 0.608. The van der Waals surface area contributed by atoms with Crippen molar-refractivity contribution in [2.24, 2.45) is 5.92 Å². The topological polar surface area (TPSA) is 37.8 Å². The summed E-state index contributed by atoms with van der Waals surface area (Å²) in [5.74, 6) is 2.02. The van der Waals surface area contributed by atoms with Crippen LogP contribution in [0.15, 0.2) is 18.5 Å². The van der Waals surface area contributed by atoms with Gasteiger partial charge in [-0.05, 0) is 18.4 Å². The largest absolute Gasteiger partial charge is 0.354 e. The third-order valence-corrected chi connectivity index (χ3v) is 2.43. The highest BCUT2D eigenvalue weighted by Gasteiger charge is 2.05. The minimum Gasteiger partial charge on any atom is -0.354 e. The highest BCUT2D eigenvalue weighted by molar-refractivity contribution is 6.17. The first-order valence-electron chi connectivity index (χ1n) is 4.93. The molecule has 0 bridgehead atoms.